The minimum absolute atomic E-state index is 0. The van der Waals surface area contributed by atoms with Gasteiger partial charge >= 0.3 is 18.9 Å². The molecule has 4 rings (SSSR count). The molecule has 0 radical (unpaired) electrons. The van der Waals surface area contributed by atoms with Gasteiger partial charge in [-0.15, -0.1) is 0 Å². The molecule has 2 aliphatic carbocycles. The van der Waals surface area contributed by atoms with Crippen molar-refractivity contribution in [2.45, 2.75) is 24.9 Å². The number of hydrogen-bond donors (Lipinski definition) is 0. The fourth-order valence-electron chi connectivity index (χ4n) is 3.67. The van der Waals surface area contributed by atoms with E-state index >= 15 is 0 Å². The molecule has 0 nitrogen and oxygen atoms in total. The molecule has 0 fully saturated rings. The van der Waals surface area contributed by atoms with Crippen molar-refractivity contribution in [1.29, 1.82) is 0 Å². The Morgan fingerprint density at radius 3 is 1.64 bits per heavy atom. The third kappa shape index (κ3) is 2.70. The number of fused-ring (bicyclic) bond motifs is 2. The van der Waals surface area contributed by atoms with Gasteiger partial charge in [0.1, 0.15) is 0 Å². The summed E-state index contributed by atoms with van der Waals surface area (Å²) in [4.78, 5) is 0. The molecule has 0 heterocycles. The normalized spacial score (nSPS) is 21.2. The molecule has 0 N–H and O–H groups in total. The molecule has 0 aromatic heterocycles. The van der Waals surface area contributed by atoms with Crippen LogP contribution in [0.2, 0.25) is 0 Å². The Labute approximate surface area is 147 Å². The topological polar surface area (TPSA) is 0 Å². The van der Waals surface area contributed by atoms with Crippen LogP contribution in [0.3, 0.4) is 0 Å². The van der Waals surface area contributed by atoms with Crippen LogP contribution in [0.1, 0.15) is 44.5 Å². The van der Waals surface area contributed by atoms with Gasteiger partial charge in [0.2, 0.25) is 0 Å². The molecule has 0 saturated carbocycles. The van der Waals surface area contributed by atoms with Crippen LogP contribution < -0.4 is 0 Å². The summed E-state index contributed by atoms with van der Waals surface area (Å²) in [6, 6.07) is 13.8. The second-order valence-electron chi connectivity index (χ2n) is 6.43. The first-order valence-electron chi connectivity index (χ1n) is 7.78. The monoisotopic (exact) mass is 296 g/mol. The summed E-state index contributed by atoms with van der Waals surface area (Å²) < 4.78 is 0. The zero-order chi connectivity index (χ0) is 14.4. The van der Waals surface area contributed by atoms with Gasteiger partial charge in [-0.1, -0.05) is 71.8 Å². The first-order chi connectivity index (χ1) is 10.2. The Hall–Kier alpha value is -1.27. The van der Waals surface area contributed by atoms with Crippen LogP contribution in [0, 0.1) is 13.8 Å². The maximum absolute atomic E-state index is 2.44. The van der Waals surface area contributed by atoms with Crippen molar-refractivity contribution >= 4 is 40.5 Å². The van der Waals surface area contributed by atoms with Crippen LogP contribution in [-0.2, 0) is 0 Å². The van der Waals surface area contributed by atoms with Crippen LogP contribution in [0.25, 0.3) is 12.2 Å². The molecule has 0 amide bonds. The third-order valence-corrected chi connectivity index (χ3v) is 7.25. The molecule has 2 atom stereocenters. The number of rotatable bonds is 2. The van der Waals surface area contributed by atoms with E-state index in [2.05, 4.69) is 74.5 Å². The maximum atomic E-state index is 2.44. The molecule has 2 aromatic carbocycles. The van der Waals surface area contributed by atoms with E-state index in [0.717, 1.165) is 0 Å². The minimum atomic E-state index is -0.259. The zero-order valence-electron chi connectivity index (χ0n) is 12.6. The van der Waals surface area contributed by atoms with Gasteiger partial charge in [-0.25, -0.2) is 0 Å². The van der Waals surface area contributed by atoms with E-state index in [0.29, 0.717) is 11.1 Å². The van der Waals surface area contributed by atoms with Gasteiger partial charge in [-0.05, 0) is 47.2 Å². The summed E-state index contributed by atoms with van der Waals surface area (Å²) in [6.45, 7) is 4.40. The average molecular weight is 296 g/mol. The van der Waals surface area contributed by atoms with Gasteiger partial charge in [-0.2, -0.15) is 0 Å². The summed E-state index contributed by atoms with van der Waals surface area (Å²) in [7, 11) is -0.259. The van der Waals surface area contributed by atoms with E-state index in [9.17, 15) is 0 Å². The van der Waals surface area contributed by atoms with Crippen LogP contribution in [-0.4, -0.2) is 28.4 Å². The molecule has 0 spiro atoms. The van der Waals surface area contributed by atoms with Crippen molar-refractivity contribution < 1.29 is 0 Å². The van der Waals surface area contributed by atoms with Gasteiger partial charge < -0.3 is 0 Å². The van der Waals surface area contributed by atoms with E-state index in [1.54, 1.807) is 11.1 Å². The Morgan fingerprint density at radius 2 is 1.18 bits per heavy atom. The average Bonchev–Trinajstić information content (AvgIpc) is 3.04. The molecule has 106 valence electrons. The van der Waals surface area contributed by atoms with Crippen molar-refractivity contribution in [2.75, 3.05) is 0 Å². The van der Waals surface area contributed by atoms with Gasteiger partial charge in [0.15, 0.2) is 0 Å². The summed E-state index contributed by atoms with van der Waals surface area (Å²) in [5, 5.41) is 0. The first-order valence-corrected chi connectivity index (χ1v) is 9.41. The number of hydrogen-bond acceptors (Lipinski definition) is 0. The van der Waals surface area contributed by atoms with Gasteiger partial charge in [0, 0.05) is 9.52 Å². The molecule has 0 saturated heterocycles. The van der Waals surface area contributed by atoms with E-state index < -0.39 is 0 Å². The molecule has 2 heteroatoms. The van der Waals surface area contributed by atoms with E-state index in [4.69, 9.17) is 0 Å². The summed E-state index contributed by atoms with van der Waals surface area (Å²) >= 11 is 0. The Balaban J connectivity index is 0.00000144. The van der Waals surface area contributed by atoms with Crippen molar-refractivity contribution in [2.24, 2.45) is 0 Å². The quantitative estimate of drug-likeness (QED) is 0.742. The van der Waals surface area contributed by atoms with E-state index in [-0.39, 0.29) is 28.4 Å². The predicted octanol–water partition coefficient (Wildman–Crippen LogP) is 3.66. The molecule has 22 heavy (non-hydrogen) atoms. The molecule has 0 bridgehead atoms. The second kappa shape index (κ2) is 6.09. The molecule has 2 aliphatic rings. The van der Waals surface area contributed by atoms with Crippen LogP contribution in [0.5, 0.6) is 0 Å². The van der Waals surface area contributed by atoms with Crippen molar-refractivity contribution in [3.8, 4) is 0 Å². The Kier molecular flexibility index (Phi) is 4.32. The number of aryl methyl sites for hydroxylation is 2. The number of allylic oxidation sites excluding steroid dienone is 2. The standard InChI is InChI=1S/C20H20Si.Li.H/c1-13-3-5-15-7-9-19(17(15)11-13)21-20-10-8-16-6-4-14(2)12-18(16)20;;/h3-12,19-20H,21H2,1-2H3;;. The fourth-order valence-corrected chi connectivity index (χ4v) is 6.01. The molecule has 2 unspecified atom stereocenters. The Morgan fingerprint density at radius 1 is 0.727 bits per heavy atom. The SMILES string of the molecule is Cc1ccc2c(c1)C([SiH2]C1C=Cc3ccc(C)cc31)C=C2.[LiH]. The zero-order valence-corrected chi connectivity index (χ0v) is 14.0. The second-order valence-corrected chi connectivity index (χ2v) is 8.66. The van der Waals surface area contributed by atoms with Crippen LogP contribution in [0.4, 0.5) is 0 Å². The fraction of sp³-hybridized carbons (Fsp3) is 0.200. The summed E-state index contributed by atoms with van der Waals surface area (Å²) in [6.07, 6.45) is 9.53. The predicted molar refractivity (Wildman–Crippen MR) is 102 cm³/mol. The van der Waals surface area contributed by atoms with Crippen LogP contribution in [0.15, 0.2) is 48.6 Å². The van der Waals surface area contributed by atoms with E-state index in [1.807, 2.05) is 0 Å². The summed E-state index contributed by atoms with van der Waals surface area (Å²) in [5.41, 5.74) is 10.2. The van der Waals surface area contributed by atoms with E-state index in [1.165, 1.54) is 22.3 Å². The molecule has 0 aliphatic heterocycles. The first kappa shape index (κ1) is 15.6. The van der Waals surface area contributed by atoms with Crippen molar-refractivity contribution in [3.63, 3.8) is 0 Å². The van der Waals surface area contributed by atoms with Crippen molar-refractivity contribution in [3.05, 3.63) is 81.9 Å². The summed E-state index contributed by atoms with van der Waals surface area (Å²) in [5.74, 6) is 0. The van der Waals surface area contributed by atoms with Crippen LogP contribution >= 0.6 is 0 Å². The molecule has 2 aromatic rings. The molecular weight excluding hydrogens is 275 g/mol. The van der Waals surface area contributed by atoms with Crippen molar-refractivity contribution in [1.82, 2.24) is 0 Å². The third-order valence-electron chi connectivity index (χ3n) is 4.81. The van der Waals surface area contributed by atoms with Gasteiger partial charge in [0.25, 0.3) is 0 Å². The van der Waals surface area contributed by atoms with Gasteiger partial charge in [0.05, 0.1) is 0 Å². The number of benzene rings is 2. The molecular formula is C20H21LiSi. The Bertz CT molecular complexity index is 708. The van der Waals surface area contributed by atoms with Gasteiger partial charge in [-0.3, -0.25) is 0 Å².